The van der Waals surface area contributed by atoms with E-state index in [-0.39, 0.29) is 13.0 Å². The molecule has 1 rings (SSSR count). The van der Waals surface area contributed by atoms with Crippen LogP contribution in [0.1, 0.15) is 40.5 Å². The highest BCUT2D eigenvalue weighted by Gasteiger charge is 2.64. The van der Waals surface area contributed by atoms with Gasteiger partial charge in [-0.15, -0.1) is 0 Å². The molecule has 0 bridgehead atoms. The number of likely N-dealkylation sites (tertiary alicyclic amines) is 1. The molecular weight excluding hydrogens is 327 g/mol. The molecule has 1 aliphatic heterocycles. The number of hydrogen-bond donors (Lipinski definition) is 1. The molecule has 0 unspecified atom stereocenters. The summed E-state index contributed by atoms with van der Waals surface area (Å²) in [5.74, 6) is -1.22. The Balaban J connectivity index is 2.95. The number of rotatable bonds is 3. The van der Waals surface area contributed by atoms with E-state index in [2.05, 4.69) is 5.32 Å². The van der Waals surface area contributed by atoms with Gasteiger partial charge in [-0.2, -0.15) is 18.4 Å². The minimum absolute atomic E-state index is 0.102. The predicted octanol–water partition coefficient (Wildman–Crippen LogP) is 2.59. The lowest BCUT2D eigenvalue weighted by Crippen LogP contribution is -2.54. The van der Waals surface area contributed by atoms with Gasteiger partial charge in [0.15, 0.2) is 5.41 Å². The van der Waals surface area contributed by atoms with Gasteiger partial charge in [0.25, 0.3) is 0 Å². The maximum absolute atomic E-state index is 13.6. The van der Waals surface area contributed by atoms with E-state index in [1.807, 2.05) is 0 Å². The number of halogens is 3. The van der Waals surface area contributed by atoms with Gasteiger partial charge in [-0.05, 0) is 34.1 Å². The molecule has 24 heavy (non-hydrogen) atoms. The van der Waals surface area contributed by atoms with Gasteiger partial charge in [-0.3, -0.25) is 4.79 Å². The summed E-state index contributed by atoms with van der Waals surface area (Å²) in [6.07, 6.45) is -6.34. The lowest BCUT2D eigenvalue weighted by atomic mass is 9.85. The molecule has 0 aromatic heterocycles. The van der Waals surface area contributed by atoms with Gasteiger partial charge in [0.1, 0.15) is 5.60 Å². The predicted molar refractivity (Wildman–Crippen MR) is 78.7 cm³/mol. The van der Waals surface area contributed by atoms with E-state index in [9.17, 15) is 22.8 Å². The number of amides is 2. The van der Waals surface area contributed by atoms with Crippen LogP contribution in [0.4, 0.5) is 18.0 Å². The lowest BCUT2D eigenvalue weighted by Gasteiger charge is -2.31. The third-order valence-electron chi connectivity index (χ3n) is 3.67. The van der Waals surface area contributed by atoms with Crippen molar-refractivity contribution in [3.8, 4) is 6.07 Å². The second-order valence-electron chi connectivity index (χ2n) is 6.97. The van der Waals surface area contributed by atoms with Crippen LogP contribution in [0.15, 0.2) is 0 Å². The van der Waals surface area contributed by atoms with E-state index in [1.54, 1.807) is 26.8 Å². The Morgan fingerprint density at radius 2 is 1.96 bits per heavy atom. The third kappa shape index (κ3) is 4.52. The first-order valence-electron chi connectivity index (χ1n) is 7.55. The van der Waals surface area contributed by atoms with E-state index < -0.39 is 48.2 Å². The summed E-state index contributed by atoms with van der Waals surface area (Å²) in [7, 11) is 0. The average Bonchev–Trinajstić information content (AvgIpc) is 2.82. The molecular formula is C15H22F3N3O3. The summed E-state index contributed by atoms with van der Waals surface area (Å²) < 4.78 is 45.8. The van der Waals surface area contributed by atoms with Crippen LogP contribution in [0.3, 0.4) is 0 Å². The fourth-order valence-electron chi connectivity index (χ4n) is 2.39. The molecule has 0 aromatic carbocycles. The van der Waals surface area contributed by atoms with Crippen molar-refractivity contribution in [3.05, 3.63) is 0 Å². The van der Waals surface area contributed by atoms with Crippen molar-refractivity contribution in [1.82, 2.24) is 10.2 Å². The van der Waals surface area contributed by atoms with Gasteiger partial charge in [0.2, 0.25) is 5.91 Å². The molecule has 0 spiro atoms. The van der Waals surface area contributed by atoms with Crippen molar-refractivity contribution in [2.75, 3.05) is 13.1 Å². The molecule has 1 aliphatic rings. The Bertz CT molecular complexity index is 537. The number of nitrogens with zero attached hydrogens (tertiary/aromatic N) is 2. The van der Waals surface area contributed by atoms with Crippen LogP contribution in [-0.4, -0.2) is 47.8 Å². The van der Waals surface area contributed by atoms with E-state index >= 15 is 0 Å². The number of carbonyl (C=O) groups excluding carboxylic acids is 2. The summed E-state index contributed by atoms with van der Waals surface area (Å²) in [5, 5.41) is 10.8. The number of carbonyl (C=O) groups is 2. The van der Waals surface area contributed by atoms with E-state index in [1.165, 1.54) is 6.92 Å². The van der Waals surface area contributed by atoms with Crippen molar-refractivity contribution in [2.45, 2.75) is 58.4 Å². The SMILES string of the molecule is C[C@@H](CC#N)NC(=O)[C@]1(C(F)(F)F)CCN(C(=O)OC(C)(C)C)C1. The quantitative estimate of drug-likeness (QED) is 0.849. The number of nitriles is 1. The topological polar surface area (TPSA) is 82.4 Å². The smallest absolute Gasteiger partial charge is 0.410 e. The second-order valence-corrected chi connectivity index (χ2v) is 6.97. The molecule has 2 amide bonds. The Labute approximate surface area is 138 Å². The molecule has 1 N–H and O–H groups in total. The number of nitrogens with one attached hydrogen (secondary N) is 1. The molecule has 9 heteroatoms. The summed E-state index contributed by atoms with van der Waals surface area (Å²) in [6, 6.07) is 1.08. The van der Waals surface area contributed by atoms with Gasteiger partial charge in [0.05, 0.1) is 12.5 Å². The zero-order valence-electron chi connectivity index (χ0n) is 14.2. The molecule has 0 saturated carbocycles. The van der Waals surface area contributed by atoms with Crippen LogP contribution < -0.4 is 5.32 Å². The highest BCUT2D eigenvalue weighted by molar-refractivity contribution is 5.85. The zero-order valence-corrected chi connectivity index (χ0v) is 14.2. The zero-order chi connectivity index (χ0) is 18.8. The van der Waals surface area contributed by atoms with Crippen molar-refractivity contribution in [2.24, 2.45) is 5.41 Å². The normalized spacial score (nSPS) is 22.7. The molecule has 1 heterocycles. The van der Waals surface area contributed by atoms with Crippen molar-refractivity contribution in [1.29, 1.82) is 5.26 Å². The second kappa shape index (κ2) is 6.87. The van der Waals surface area contributed by atoms with E-state index in [4.69, 9.17) is 10.00 Å². The maximum atomic E-state index is 13.6. The number of alkyl halides is 3. The first-order chi connectivity index (χ1) is 10.8. The van der Waals surface area contributed by atoms with Gasteiger partial charge in [0, 0.05) is 19.1 Å². The van der Waals surface area contributed by atoms with E-state index in [0.29, 0.717) is 0 Å². The molecule has 1 fully saturated rings. The monoisotopic (exact) mass is 349 g/mol. The van der Waals surface area contributed by atoms with Crippen LogP contribution in [0.5, 0.6) is 0 Å². The van der Waals surface area contributed by atoms with Crippen molar-refractivity contribution < 1.29 is 27.5 Å². The van der Waals surface area contributed by atoms with Crippen LogP contribution in [0, 0.1) is 16.7 Å². The van der Waals surface area contributed by atoms with Gasteiger partial charge < -0.3 is 15.0 Å². The van der Waals surface area contributed by atoms with Crippen molar-refractivity contribution >= 4 is 12.0 Å². The van der Waals surface area contributed by atoms with Crippen LogP contribution >= 0.6 is 0 Å². The van der Waals surface area contributed by atoms with Crippen LogP contribution in [-0.2, 0) is 9.53 Å². The fourth-order valence-corrected chi connectivity index (χ4v) is 2.39. The summed E-state index contributed by atoms with van der Waals surface area (Å²) >= 11 is 0. The molecule has 1 saturated heterocycles. The molecule has 2 atom stereocenters. The lowest BCUT2D eigenvalue weighted by molar-refractivity contribution is -0.217. The first kappa shape index (κ1) is 20.1. The highest BCUT2D eigenvalue weighted by atomic mass is 19.4. The minimum Gasteiger partial charge on any atom is -0.444 e. The standard InChI is InChI=1S/C15H22F3N3O3/c1-10(5-7-19)20-11(22)14(15(16,17)18)6-8-21(9-14)12(23)24-13(2,3)4/h10H,5-6,8-9H2,1-4H3,(H,20,22)/t10-,14-/m0/s1. The third-order valence-corrected chi connectivity index (χ3v) is 3.67. The maximum Gasteiger partial charge on any atom is 0.410 e. The van der Waals surface area contributed by atoms with Gasteiger partial charge in [-0.25, -0.2) is 4.79 Å². The number of hydrogen-bond acceptors (Lipinski definition) is 4. The van der Waals surface area contributed by atoms with Crippen LogP contribution in [0.25, 0.3) is 0 Å². The molecule has 0 aromatic rings. The van der Waals surface area contributed by atoms with Gasteiger partial charge >= 0.3 is 12.3 Å². The van der Waals surface area contributed by atoms with Crippen molar-refractivity contribution in [3.63, 3.8) is 0 Å². The Kier molecular flexibility index (Phi) is 5.74. The number of ether oxygens (including phenoxy) is 1. The summed E-state index contributed by atoms with van der Waals surface area (Å²) in [5.41, 5.74) is -3.53. The Hall–Kier alpha value is -1.98. The minimum atomic E-state index is -4.82. The largest absolute Gasteiger partial charge is 0.444 e. The van der Waals surface area contributed by atoms with Gasteiger partial charge in [-0.1, -0.05) is 0 Å². The fraction of sp³-hybridized carbons (Fsp3) is 0.800. The van der Waals surface area contributed by atoms with E-state index in [0.717, 1.165) is 4.90 Å². The van der Waals surface area contributed by atoms with Crippen LogP contribution in [0.2, 0.25) is 0 Å². The average molecular weight is 349 g/mol. The Morgan fingerprint density at radius 3 is 2.42 bits per heavy atom. The molecule has 6 nitrogen and oxygen atoms in total. The molecule has 0 radical (unpaired) electrons. The Morgan fingerprint density at radius 1 is 1.38 bits per heavy atom. The first-order valence-corrected chi connectivity index (χ1v) is 7.55. The molecule has 0 aliphatic carbocycles. The molecule has 136 valence electrons. The summed E-state index contributed by atoms with van der Waals surface area (Å²) in [6.45, 7) is 5.24. The highest BCUT2D eigenvalue weighted by Crippen LogP contribution is 2.46. The summed E-state index contributed by atoms with van der Waals surface area (Å²) in [4.78, 5) is 25.1.